The lowest BCUT2D eigenvalue weighted by Gasteiger charge is -1.98. The van der Waals surface area contributed by atoms with Crippen LogP contribution < -0.4 is 0 Å². The van der Waals surface area contributed by atoms with Crippen molar-refractivity contribution in [2.45, 2.75) is 13.8 Å². The highest BCUT2D eigenvalue weighted by molar-refractivity contribution is 6.30. The Morgan fingerprint density at radius 3 is 2.46 bits per heavy atom. The normalized spacial score (nSPS) is 12.4. The summed E-state index contributed by atoms with van der Waals surface area (Å²) in [6.07, 6.45) is 3.68. The summed E-state index contributed by atoms with van der Waals surface area (Å²) in [7, 11) is 0. The number of hydrogen-bond acceptors (Lipinski definition) is 1. The molecule has 0 saturated carbocycles. The maximum Gasteiger partial charge on any atom is 0.0444 e. The van der Waals surface area contributed by atoms with Crippen LogP contribution in [-0.4, -0.2) is 5.71 Å². The molecular formula is C11H12ClN. The summed E-state index contributed by atoms with van der Waals surface area (Å²) in [6.45, 7) is 3.92. The third kappa shape index (κ3) is 3.03. The zero-order valence-corrected chi connectivity index (χ0v) is 8.55. The van der Waals surface area contributed by atoms with Gasteiger partial charge in [-0.1, -0.05) is 29.8 Å². The lowest BCUT2D eigenvalue weighted by molar-refractivity contribution is 1.47. The van der Waals surface area contributed by atoms with Gasteiger partial charge in [0.15, 0.2) is 0 Å². The van der Waals surface area contributed by atoms with E-state index >= 15 is 0 Å². The molecule has 0 aliphatic carbocycles. The molecule has 0 aliphatic rings. The molecule has 68 valence electrons. The van der Waals surface area contributed by atoms with Gasteiger partial charge in [0.05, 0.1) is 0 Å². The molecule has 2 heteroatoms. The molecule has 0 saturated heterocycles. The van der Waals surface area contributed by atoms with Crippen molar-refractivity contribution in [3.8, 4) is 0 Å². The second-order valence-electron chi connectivity index (χ2n) is 2.70. The van der Waals surface area contributed by atoms with Crippen molar-refractivity contribution in [3.63, 3.8) is 0 Å². The Kier molecular flexibility index (Phi) is 3.71. The second-order valence-corrected chi connectivity index (χ2v) is 3.14. The van der Waals surface area contributed by atoms with Crippen LogP contribution in [0.2, 0.25) is 5.02 Å². The molecule has 0 heterocycles. The first kappa shape index (κ1) is 10.0. The molecule has 0 unspecified atom stereocenters. The van der Waals surface area contributed by atoms with E-state index in [0.29, 0.717) is 0 Å². The zero-order valence-electron chi connectivity index (χ0n) is 7.79. The van der Waals surface area contributed by atoms with Crippen LogP contribution >= 0.6 is 11.6 Å². The molecule has 0 N–H and O–H groups in total. The van der Waals surface area contributed by atoms with Crippen molar-refractivity contribution in [1.29, 1.82) is 0 Å². The van der Waals surface area contributed by atoms with Gasteiger partial charge in [0, 0.05) is 16.9 Å². The van der Waals surface area contributed by atoms with Crippen LogP contribution in [0.25, 0.3) is 0 Å². The molecule has 1 rings (SSSR count). The van der Waals surface area contributed by atoms with E-state index in [1.165, 1.54) is 0 Å². The number of allylic oxidation sites excluding steroid dienone is 1. The minimum Gasteiger partial charge on any atom is -0.261 e. The smallest absolute Gasteiger partial charge is 0.0444 e. The Morgan fingerprint density at radius 1 is 1.31 bits per heavy atom. The van der Waals surface area contributed by atoms with Crippen molar-refractivity contribution in [3.05, 3.63) is 47.1 Å². The van der Waals surface area contributed by atoms with E-state index in [1.54, 1.807) is 6.20 Å². The van der Waals surface area contributed by atoms with E-state index in [0.717, 1.165) is 16.3 Å². The highest BCUT2D eigenvalue weighted by atomic mass is 35.5. The molecular weight excluding hydrogens is 182 g/mol. The van der Waals surface area contributed by atoms with Crippen molar-refractivity contribution in [2.75, 3.05) is 0 Å². The summed E-state index contributed by atoms with van der Waals surface area (Å²) in [5.41, 5.74) is 2.09. The number of nitrogens with zero attached hydrogens (tertiary/aromatic N) is 1. The Labute approximate surface area is 83.8 Å². The predicted molar refractivity (Wildman–Crippen MR) is 58.5 cm³/mol. The Morgan fingerprint density at radius 2 is 1.92 bits per heavy atom. The van der Waals surface area contributed by atoms with Crippen LogP contribution in [0, 0.1) is 0 Å². The SMILES string of the molecule is CC=CN=C(C)c1ccc(Cl)cc1. The van der Waals surface area contributed by atoms with Gasteiger partial charge < -0.3 is 0 Å². The highest BCUT2D eigenvalue weighted by Crippen LogP contribution is 2.10. The van der Waals surface area contributed by atoms with Crippen LogP contribution in [-0.2, 0) is 0 Å². The van der Waals surface area contributed by atoms with E-state index in [9.17, 15) is 0 Å². The molecule has 0 fully saturated rings. The largest absolute Gasteiger partial charge is 0.261 e. The molecule has 1 aromatic rings. The lowest BCUT2D eigenvalue weighted by Crippen LogP contribution is -1.92. The fourth-order valence-electron chi connectivity index (χ4n) is 0.952. The first-order valence-corrected chi connectivity index (χ1v) is 4.53. The van der Waals surface area contributed by atoms with E-state index in [4.69, 9.17) is 11.6 Å². The summed E-state index contributed by atoms with van der Waals surface area (Å²) < 4.78 is 0. The maximum absolute atomic E-state index is 5.77. The van der Waals surface area contributed by atoms with Crippen molar-refractivity contribution in [2.24, 2.45) is 4.99 Å². The number of rotatable bonds is 2. The third-order valence-corrected chi connectivity index (χ3v) is 1.93. The van der Waals surface area contributed by atoms with Crippen LogP contribution in [0.5, 0.6) is 0 Å². The first-order valence-electron chi connectivity index (χ1n) is 4.15. The van der Waals surface area contributed by atoms with E-state index < -0.39 is 0 Å². The number of halogens is 1. The summed E-state index contributed by atoms with van der Waals surface area (Å²) in [5.74, 6) is 0. The molecule has 0 radical (unpaired) electrons. The minimum atomic E-state index is 0.752. The zero-order chi connectivity index (χ0) is 9.68. The fraction of sp³-hybridized carbons (Fsp3) is 0.182. The van der Waals surface area contributed by atoms with Gasteiger partial charge in [0.2, 0.25) is 0 Å². The summed E-state index contributed by atoms with van der Waals surface area (Å²) in [5, 5.41) is 0.752. The number of aliphatic imine (C=N–C) groups is 1. The fourth-order valence-corrected chi connectivity index (χ4v) is 1.08. The Balaban J connectivity index is 2.89. The molecule has 13 heavy (non-hydrogen) atoms. The summed E-state index contributed by atoms with van der Waals surface area (Å²) in [6, 6.07) is 7.66. The van der Waals surface area contributed by atoms with E-state index in [1.807, 2.05) is 44.2 Å². The Bertz CT molecular complexity index is 322. The minimum absolute atomic E-state index is 0.752. The second kappa shape index (κ2) is 4.83. The monoisotopic (exact) mass is 193 g/mol. The summed E-state index contributed by atoms with van der Waals surface area (Å²) in [4.78, 5) is 4.24. The molecule has 0 aliphatic heterocycles. The van der Waals surface area contributed by atoms with Crippen LogP contribution in [0.3, 0.4) is 0 Å². The molecule has 1 nitrogen and oxygen atoms in total. The van der Waals surface area contributed by atoms with Crippen LogP contribution in [0.1, 0.15) is 19.4 Å². The maximum atomic E-state index is 5.77. The quantitative estimate of drug-likeness (QED) is 0.636. The van der Waals surface area contributed by atoms with Crippen LogP contribution in [0.15, 0.2) is 41.5 Å². The molecule has 0 amide bonds. The highest BCUT2D eigenvalue weighted by Gasteiger charge is 1.94. The molecule has 0 aromatic heterocycles. The van der Waals surface area contributed by atoms with Gasteiger partial charge in [0.25, 0.3) is 0 Å². The van der Waals surface area contributed by atoms with Gasteiger partial charge in [-0.15, -0.1) is 0 Å². The van der Waals surface area contributed by atoms with E-state index in [2.05, 4.69) is 4.99 Å². The van der Waals surface area contributed by atoms with Crippen molar-refractivity contribution >= 4 is 17.3 Å². The van der Waals surface area contributed by atoms with Crippen LogP contribution in [0.4, 0.5) is 0 Å². The summed E-state index contributed by atoms with van der Waals surface area (Å²) >= 11 is 5.77. The first-order chi connectivity index (χ1) is 6.24. The van der Waals surface area contributed by atoms with Gasteiger partial charge in [-0.3, -0.25) is 4.99 Å². The van der Waals surface area contributed by atoms with E-state index in [-0.39, 0.29) is 0 Å². The van der Waals surface area contributed by atoms with Gasteiger partial charge in [-0.2, -0.15) is 0 Å². The van der Waals surface area contributed by atoms with Gasteiger partial charge in [-0.25, -0.2) is 0 Å². The standard InChI is InChI=1S/C11H12ClN/c1-3-8-13-9(2)10-4-6-11(12)7-5-10/h3-8H,1-2H3. The molecule has 1 aromatic carbocycles. The van der Waals surface area contributed by atoms with Crippen molar-refractivity contribution in [1.82, 2.24) is 0 Å². The number of hydrogen-bond donors (Lipinski definition) is 0. The lowest BCUT2D eigenvalue weighted by atomic mass is 10.1. The average molecular weight is 194 g/mol. The molecule has 0 atom stereocenters. The van der Waals surface area contributed by atoms with Gasteiger partial charge in [-0.05, 0) is 31.5 Å². The van der Waals surface area contributed by atoms with Crippen molar-refractivity contribution < 1.29 is 0 Å². The predicted octanol–water partition coefficient (Wildman–Crippen LogP) is 3.68. The average Bonchev–Trinajstić information content (AvgIpc) is 2.15. The topological polar surface area (TPSA) is 12.4 Å². The third-order valence-electron chi connectivity index (χ3n) is 1.68. The molecule has 0 spiro atoms. The Hall–Kier alpha value is -1.08. The molecule has 0 bridgehead atoms. The van der Waals surface area contributed by atoms with Gasteiger partial charge >= 0.3 is 0 Å². The number of benzene rings is 1. The van der Waals surface area contributed by atoms with Gasteiger partial charge in [0.1, 0.15) is 0 Å².